The molecule has 0 fully saturated rings. The predicted molar refractivity (Wildman–Crippen MR) is 76.0 cm³/mol. The quantitative estimate of drug-likeness (QED) is 0.772. The first-order chi connectivity index (χ1) is 9.05. The van der Waals surface area contributed by atoms with Crippen molar-refractivity contribution < 1.29 is 18.3 Å². The third-order valence-electron chi connectivity index (χ3n) is 2.92. The Labute approximate surface area is 116 Å². The summed E-state index contributed by atoms with van der Waals surface area (Å²) in [7, 11) is -1.79. The van der Waals surface area contributed by atoms with Gasteiger partial charge < -0.3 is 18.3 Å². The van der Waals surface area contributed by atoms with E-state index in [9.17, 15) is 0 Å². The molecule has 1 aromatic rings. The Morgan fingerprint density at radius 2 is 1.89 bits per heavy atom. The monoisotopic (exact) mass is 282 g/mol. The molecule has 0 saturated heterocycles. The van der Waals surface area contributed by atoms with Gasteiger partial charge in [-0.3, -0.25) is 0 Å². The smallest absolute Gasteiger partial charge is 0.355 e. The molecule has 0 atom stereocenters. The van der Waals surface area contributed by atoms with Gasteiger partial charge in [0, 0.05) is 32.6 Å². The van der Waals surface area contributed by atoms with E-state index >= 15 is 0 Å². The first kappa shape index (κ1) is 14.5. The van der Waals surface area contributed by atoms with Gasteiger partial charge >= 0.3 is 9.28 Å². The normalized spacial score (nSPS) is 17.1. The molecule has 0 saturated carbocycles. The van der Waals surface area contributed by atoms with Crippen molar-refractivity contribution in [2.45, 2.75) is 40.1 Å². The molecule has 4 nitrogen and oxygen atoms in total. The minimum Gasteiger partial charge on any atom is -0.463 e. The molecule has 19 heavy (non-hydrogen) atoms. The maximum absolute atomic E-state index is 5.79. The van der Waals surface area contributed by atoms with Crippen LogP contribution < -0.4 is 9.92 Å². The molecule has 0 spiro atoms. The number of benzene rings is 1. The van der Waals surface area contributed by atoms with E-state index in [1.165, 1.54) is 0 Å². The third-order valence-corrected chi connectivity index (χ3v) is 5.10. The summed E-state index contributed by atoms with van der Waals surface area (Å²) in [5.74, 6) is 0.339. The van der Waals surface area contributed by atoms with Gasteiger partial charge in [0.1, 0.15) is 5.75 Å². The summed E-state index contributed by atoms with van der Waals surface area (Å²) in [6.07, 6.45) is 0. The van der Waals surface area contributed by atoms with Crippen LogP contribution in [0.15, 0.2) is 18.2 Å². The van der Waals surface area contributed by atoms with E-state index in [2.05, 4.69) is 6.07 Å². The summed E-state index contributed by atoms with van der Waals surface area (Å²) in [6, 6.07) is 6.13. The first-order valence-electron chi connectivity index (χ1n) is 6.74. The summed E-state index contributed by atoms with van der Waals surface area (Å²) in [6.45, 7) is 9.74. The van der Waals surface area contributed by atoms with Crippen LogP contribution in [0.1, 0.15) is 33.3 Å². The van der Waals surface area contributed by atoms with Gasteiger partial charge in [0.15, 0.2) is 0 Å². The zero-order chi connectivity index (χ0) is 13.9. The highest BCUT2D eigenvalue weighted by atomic mass is 28.3. The van der Waals surface area contributed by atoms with E-state index in [1.807, 2.05) is 39.8 Å². The van der Waals surface area contributed by atoms with E-state index < -0.39 is 15.1 Å². The SMILES string of the molecule is CCO[SiH](OCC)c1ccc2c(c1)COC(C)(C)O2. The van der Waals surface area contributed by atoms with E-state index in [0.29, 0.717) is 19.8 Å². The third kappa shape index (κ3) is 3.57. The Balaban J connectivity index is 2.21. The highest BCUT2D eigenvalue weighted by molar-refractivity contribution is 6.61. The molecule has 106 valence electrons. The van der Waals surface area contributed by atoms with Crippen molar-refractivity contribution in [1.29, 1.82) is 0 Å². The summed E-state index contributed by atoms with van der Waals surface area (Å²) in [5, 5.41) is 1.13. The van der Waals surface area contributed by atoms with Crippen molar-refractivity contribution in [3.63, 3.8) is 0 Å². The van der Waals surface area contributed by atoms with Crippen molar-refractivity contribution in [3.05, 3.63) is 23.8 Å². The van der Waals surface area contributed by atoms with Gasteiger partial charge in [-0.25, -0.2) is 0 Å². The van der Waals surface area contributed by atoms with Crippen LogP contribution in [0, 0.1) is 0 Å². The lowest BCUT2D eigenvalue weighted by atomic mass is 10.2. The maximum Gasteiger partial charge on any atom is 0.355 e. The standard InChI is InChI=1S/C14H22O4Si/c1-5-16-19(17-6-2)12-7-8-13-11(9-12)10-15-14(3,4)18-13/h7-9,19H,5-6,10H2,1-4H3. The van der Waals surface area contributed by atoms with Gasteiger partial charge in [0.2, 0.25) is 5.79 Å². The van der Waals surface area contributed by atoms with Crippen LogP contribution in [0.5, 0.6) is 5.75 Å². The van der Waals surface area contributed by atoms with Crippen LogP contribution in [0.3, 0.4) is 0 Å². The first-order valence-corrected chi connectivity index (χ1v) is 8.26. The molecule has 1 aliphatic rings. The second kappa shape index (κ2) is 6.05. The summed E-state index contributed by atoms with van der Waals surface area (Å²) >= 11 is 0. The molecule has 0 bridgehead atoms. The minimum absolute atomic E-state index is 0.550. The molecule has 0 amide bonds. The second-order valence-electron chi connectivity index (χ2n) is 4.90. The molecular weight excluding hydrogens is 260 g/mol. The number of hydrogen-bond donors (Lipinski definition) is 0. The average molecular weight is 282 g/mol. The molecule has 0 aliphatic carbocycles. The fourth-order valence-corrected chi connectivity index (χ4v) is 3.72. The highest BCUT2D eigenvalue weighted by Gasteiger charge is 2.28. The van der Waals surface area contributed by atoms with Crippen LogP contribution in [-0.4, -0.2) is 28.3 Å². The van der Waals surface area contributed by atoms with Crippen LogP contribution >= 0.6 is 0 Å². The zero-order valence-corrected chi connectivity index (χ0v) is 13.2. The van der Waals surface area contributed by atoms with Crippen molar-refractivity contribution in [2.75, 3.05) is 13.2 Å². The number of ether oxygens (including phenoxy) is 2. The molecule has 0 unspecified atom stereocenters. The van der Waals surface area contributed by atoms with Crippen molar-refractivity contribution in [3.8, 4) is 5.75 Å². The lowest BCUT2D eigenvalue weighted by Crippen LogP contribution is -2.39. The van der Waals surface area contributed by atoms with Gasteiger partial charge in [0.05, 0.1) is 6.61 Å². The Bertz CT molecular complexity index is 427. The van der Waals surface area contributed by atoms with E-state index in [0.717, 1.165) is 16.5 Å². The molecule has 1 heterocycles. The highest BCUT2D eigenvalue weighted by Crippen LogP contribution is 2.30. The fraction of sp³-hybridized carbons (Fsp3) is 0.571. The van der Waals surface area contributed by atoms with Crippen molar-refractivity contribution in [1.82, 2.24) is 0 Å². The lowest BCUT2D eigenvalue weighted by Gasteiger charge is -2.33. The molecular formula is C14H22O4Si. The van der Waals surface area contributed by atoms with Crippen LogP contribution in [0.4, 0.5) is 0 Å². The second-order valence-corrected chi connectivity index (χ2v) is 6.90. The van der Waals surface area contributed by atoms with E-state index in [1.54, 1.807) is 0 Å². The van der Waals surface area contributed by atoms with Crippen molar-refractivity contribution in [2.24, 2.45) is 0 Å². The number of fused-ring (bicyclic) bond motifs is 1. The van der Waals surface area contributed by atoms with Gasteiger partial charge in [-0.2, -0.15) is 0 Å². The molecule has 5 heteroatoms. The molecule has 0 radical (unpaired) electrons. The predicted octanol–water partition coefficient (Wildman–Crippen LogP) is 1.83. The van der Waals surface area contributed by atoms with Crippen LogP contribution in [-0.2, 0) is 20.2 Å². The number of rotatable bonds is 5. The molecule has 1 aliphatic heterocycles. The summed E-state index contributed by atoms with van der Waals surface area (Å²) in [4.78, 5) is 0. The molecule has 2 rings (SSSR count). The summed E-state index contributed by atoms with van der Waals surface area (Å²) in [5.41, 5.74) is 1.06. The van der Waals surface area contributed by atoms with Crippen LogP contribution in [0.2, 0.25) is 0 Å². The summed E-state index contributed by atoms with van der Waals surface area (Å²) < 4.78 is 22.9. The average Bonchev–Trinajstić information content (AvgIpc) is 2.37. The van der Waals surface area contributed by atoms with E-state index in [-0.39, 0.29) is 0 Å². The van der Waals surface area contributed by atoms with Crippen LogP contribution in [0.25, 0.3) is 0 Å². The van der Waals surface area contributed by atoms with E-state index in [4.69, 9.17) is 18.3 Å². The molecule has 1 aromatic carbocycles. The fourth-order valence-electron chi connectivity index (χ4n) is 2.05. The molecule has 0 aromatic heterocycles. The topological polar surface area (TPSA) is 36.9 Å². The van der Waals surface area contributed by atoms with Gasteiger partial charge in [-0.15, -0.1) is 0 Å². The number of hydrogen-bond acceptors (Lipinski definition) is 4. The van der Waals surface area contributed by atoms with Gasteiger partial charge in [-0.1, -0.05) is 6.07 Å². The maximum atomic E-state index is 5.79. The largest absolute Gasteiger partial charge is 0.463 e. The lowest BCUT2D eigenvalue weighted by molar-refractivity contribution is -0.180. The Morgan fingerprint density at radius 3 is 2.53 bits per heavy atom. The molecule has 0 N–H and O–H groups in total. The van der Waals surface area contributed by atoms with Gasteiger partial charge in [0.25, 0.3) is 0 Å². The minimum atomic E-state index is -1.79. The zero-order valence-electron chi connectivity index (χ0n) is 12.1. The Kier molecular flexibility index (Phi) is 4.62. The Morgan fingerprint density at radius 1 is 1.21 bits per heavy atom. The van der Waals surface area contributed by atoms with Crippen molar-refractivity contribution >= 4 is 14.5 Å². The van der Waals surface area contributed by atoms with Gasteiger partial charge in [-0.05, 0) is 31.2 Å². The Hall–Kier alpha value is -0.883.